The van der Waals surface area contributed by atoms with Gasteiger partial charge in [-0.25, -0.2) is 0 Å². The van der Waals surface area contributed by atoms with Crippen molar-refractivity contribution in [3.8, 4) is 0 Å². The largest absolute Gasteiger partial charge is 0.371 e. The molecular formula is C43H67N. The first-order valence-electron chi connectivity index (χ1n) is 17.5. The standard InChI is InChI=1S/C43H67N/c1-13-21-43(35(8)14-2)42(16-4)38(11)32-44(12)41(15-3)29-28-40(27-26-39-22-19-17-18-20-23-39)31-34(7)24-25-36(9)37(10)30-33(5)6/h15,17-19,24-25,27-29,33,36-37H,7,13-14,16,20-21,23,26,30-32H2,1-6,8-12H3/b25-24-,29-28-,40-27-,41-15+,42-38-,43-35+/t36-,37?/m1/s1. The van der Waals surface area contributed by atoms with E-state index in [4.69, 9.17) is 0 Å². The SMILES string of the molecule is C=C(/C=C\[C@@H](C)C(C)CC(C)C)CC(/C=C\C(=C/C)N(C)C/C(C)=C(CC)\C(CCC)=C(/C)CC)=C\CC1=C=CC=CCC1. The average molecular weight is 598 g/mol. The Balaban J connectivity index is 3.23. The molecule has 0 saturated carbocycles. The summed E-state index contributed by atoms with van der Waals surface area (Å²) in [6, 6.07) is 0. The minimum atomic E-state index is 0.548. The van der Waals surface area contributed by atoms with Crippen LogP contribution in [0.3, 0.4) is 0 Å². The number of hydrogen-bond acceptors (Lipinski definition) is 1. The molecule has 0 aromatic carbocycles. The highest BCUT2D eigenvalue weighted by atomic mass is 15.1. The highest BCUT2D eigenvalue weighted by molar-refractivity contribution is 5.39. The number of nitrogens with zero attached hydrogens (tertiary/aromatic N) is 1. The van der Waals surface area contributed by atoms with Gasteiger partial charge in [-0.15, -0.1) is 5.73 Å². The van der Waals surface area contributed by atoms with Gasteiger partial charge in [0.05, 0.1) is 0 Å². The lowest BCUT2D eigenvalue weighted by molar-refractivity contribution is 0.370. The van der Waals surface area contributed by atoms with Crippen LogP contribution in [-0.2, 0) is 0 Å². The minimum Gasteiger partial charge on any atom is -0.371 e. The van der Waals surface area contributed by atoms with E-state index < -0.39 is 0 Å². The second kappa shape index (κ2) is 21.9. The van der Waals surface area contributed by atoms with Crippen LogP contribution < -0.4 is 0 Å². The second-order valence-electron chi connectivity index (χ2n) is 13.4. The normalized spacial score (nSPS) is 17.1. The molecule has 1 aliphatic carbocycles. The quantitative estimate of drug-likeness (QED) is 0.106. The molecule has 244 valence electrons. The van der Waals surface area contributed by atoms with Gasteiger partial charge in [0.15, 0.2) is 0 Å². The summed E-state index contributed by atoms with van der Waals surface area (Å²) < 4.78 is 0. The van der Waals surface area contributed by atoms with Crippen molar-refractivity contribution in [2.75, 3.05) is 13.6 Å². The van der Waals surface area contributed by atoms with Crippen molar-refractivity contribution in [1.29, 1.82) is 0 Å². The minimum absolute atomic E-state index is 0.548. The summed E-state index contributed by atoms with van der Waals surface area (Å²) in [5, 5.41) is 0. The van der Waals surface area contributed by atoms with Crippen LogP contribution in [0.4, 0.5) is 0 Å². The molecule has 1 rings (SSSR count). The molecule has 0 bridgehead atoms. The molecule has 1 nitrogen and oxygen atoms in total. The molecule has 1 heteroatoms. The van der Waals surface area contributed by atoms with E-state index in [2.05, 4.69) is 148 Å². The highest BCUT2D eigenvalue weighted by Gasteiger charge is 2.13. The van der Waals surface area contributed by atoms with Crippen LogP contribution in [0.2, 0.25) is 0 Å². The Labute approximate surface area is 274 Å². The van der Waals surface area contributed by atoms with Gasteiger partial charge in [0.25, 0.3) is 0 Å². The fraction of sp³-hybridized carbons (Fsp3) is 0.558. The third kappa shape index (κ3) is 14.8. The summed E-state index contributed by atoms with van der Waals surface area (Å²) in [6.07, 6.45) is 30.1. The van der Waals surface area contributed by atoms with Crippen molar-refractivity contribution in [3.63, 3.8) is 0 Å². The Kier molecular flexibility index (Phi) is 19.5. The van der Waals surface area contributed by atoms with Crippen molar-refractivity contribution in [3.05, 3.63) is 112 Å². The molecule has 0 aromatic heterocycles. The molecule has 0 aliphatic heterocycles. The zero-order chi connectivity index (χ0) is 33.1. The van der Waals surface area contributed by atoms with Crippen molar-refractivity contribution >= 4 is 0 Å². The Hall–Kier alpha value is -2.76. The van der Waals surface area contributed by atoms with Gasteiger partial charge in [-0.1, -0.05) is 121 Å². The lowest BCUT2D eigenvalue weighted by atomic mass is 9.87. The molecule has 0 amide bonds. The Morgan fingerprint density at radius 2 is 1.73 bits per heavy atom. The predicted molar refractivity (Wildman–Crippen MR) is 200 cm³/mol. The van der Waals surface area contributed by atoms with Crippen LogP contribution in [0.15, 0.2) is 112 Å². The van der Waals surface area contributed by atoms with Crippen molar-refractivity contribution in [2.45, 2.75) is 127 Å². The van der Waals surface area contributed by atoms with E-state index in [1.165, 1.54) is 47.3 Å². The molecule has 2 atom stereocenters. The summed E-state index contributed by atoms with van der Waals surface area (Å²) in [6.45, 7) is 28.4. The first-order valence-corrected chi connectivity index (χ1v) is 17.5. The smallest absolute Gasteiger partial charge is 0.0388 e. The molecule has 0 spiro atoms. The first kappa shape index (κ1) is 39.3. The average Bonchev–Trinajstić information content (AvgIpc) is 3.26. The summed E-state index contributed by atoms with van der Waals surface area (Å²) in [5.41, 5.74) is 14.7. The van der Waals surface area contributed by atoms with Crippen LogP contribution in [0, 0.1) is 17.8 Å². The maximum absolute atomic E-state index is 4.46. The summed E-state index contributed by atoms with van der Waals surface area (Å²) >= 11 is 0. The van der Waals surface area contributed by atoms with E-state index in [0.29, 0.717) is 11.8 Å². The van der Waals surface area contributed by atoms with E-state index in [1.54, 1.807) is 16.7 Å². The fourth-order valence-corrected chi connectivity index (χ4v) is 6.07. The summed E-state index contributed by atoms with van der Waals surface area (Å²) in [5.74, 6) is 1.95. The van der Waals surface area contributed by atoms with Gasteiger partial charge >= 0.3 is 0 Å². The van der Waals surface area contributed by atoms with Gasteiger partial charge in [0, 0.05) is 19.3 Å². The third-order valence-electron chi connectivity index (χ3n) is 9.01. The van der Waals surface area contributed by atoms with Crippen LogP contribution in [0.5, 0.6) is 0 Å². The Morgan fingerprint density at radius 1 is 1.00 bits per heavy atom. The fourth-order valence-electron chi connectivity index (χ4n) is 6.07. The van der Waals surface area contributed by atoms with Gasteiger partial charge in [0.2, 0.25) is 0 Å². The molecule has 44 heavy (non-hydrogen) atoms. The van der Waals surface area contributed by atoms with Gasteiger partial charge in [0.1, 0.15) is 0 Å². The lowest BCUT2D eigenvalue weighted by Crippen LogP contribution is -2.20. The van der Waals surface area contributed by atoms with Gasteiger partial charge in [-0.2, -0.15) is 0 Å². The van der Waals surface area contributed by atoms with Crippen LogP contribution in [-0.4, -0.2) is 18.5 Å². The third-order valence-corrected chi connectivity index (χ3v) is 9.01. The number of allylic oxidation sites excluding steroid dienone is 14. The maximum Gasteiger partial charge on any atom is 0.0388 e. The first-order chi connectivity index (χ1) is 21.0. The summed E-state index contributed by atoms with van der Waals surface area (Å²) in [4.78, 5) is 2.40. The van der Waals surface area contributed by atoms with E-state index in [1.807, 2.05) is 0 Å². The topological polar surface area (TPSA) is 3.24 Å². The molecule has 0 saturated heterocycles. The van der Waals surface area contributed by atoms with Crippen LogP contribution >= 0.6 is 0 Å². The molecule has 0 N–H and O–H groups in total. The molecule has 0 heterocycles. The predicted octanol–water partition coefficient (Wildman–Crippen LogP) is 13.2. The molecular weight excluding hydrogens is 530 g/mol. The van der Waals surface area contributed by atoms with Crippen molar-refractivity contribution in [2.24, 2.45) is 17.8 Å². The highest BCUT2D eigenvalue weighted by Crippen LogP contribution is 2.28. The zero-order valence-electron chi connectivity index (χ0n) is 30.7. The molecule has 0 fully saturated rings. The Bertz CT molecular complexity index is 1180. The molecule has 1 unspecified atom stereocenters. The van der Waals surface area contributed by atoms with Crippen molar-refractivity contribution in [1.82, 2.24) is 4.90 Å². The maximum atomic E-state index is 4.46. The van der Waals surface area contributed by atoms with E-state index in [9.17, 15) is 0 Å². The summed E-state index contributed by atoms with van der Waals surface area (Å²) in [7, 11) is 2.23. The van der Waals surface area contributed by atoms with E-state index in [0.717, 1.165) is 51.0 Å². The lowest BCUT2D eigenvalue weighted by Gasteiger charge is -2.24. The number of hydrogen-bond donors (Lipinski definition) is 0. The van der Waals surface area contributed by atoms with Gasteiger partial charge in [-0.05, 0) is 124 Å². The van der Waals surface area contributed by atoms with E-state index in [-0.39, 0.29) is 0 Å². The molecule has 0 radical (unpaired) electrons. The molecule has 1 aliphatic rings. The van der Waals surface area contributed by atoms with Gasteiger partial charge < -0.3 is 4.90 Å². The van der Waals surface area contributed by atoms with Crippen LogP contribution in [0.25, 0.3) is 0 Å². The number of likely N-dealkylation sites (N-methyl/N-ethyl adjacent to an activating group) is 1. The number of rotatable bonds is 19. The van der Waals surface area contributed by atoms with E-state index >= 15 is 0 Å². The van der Waals surface area contributed by atoms with Crippen LogP contribution in [0.1, 0.15) is 127 Å². The Morgan fingerprint density at radius 3 is 2.34 bits per heavy atom. The van der Waals surface area contributed by atoms with Crippen molar-refractivity contribution < 1.29 is 0 Å². The second-order valence-corrected chi connectivity index (χ2v) is 13.4. The monoisotopic (exact) mass is 598 g/mol. The zero-order valence-corrected chi connectivity index (χ0v) is 30.7. The van der Waals surface area contributed by atoms with Gasteiger partial charge in [-0.3, -0.25) is 0 Å². The molecule has 0 aromatic rings.